The Balaban J connectivity index is 0.00000280. The topological polar surface area (TPSA) is 59.0 Å². The number of hydrogen-bond acceptors (Lipinski definition) is 3. The van der Waals surface area contributed by atoms with E-state index in [1.807, 2.05) is 6.92 Å². The SMILES string of the molecule is Cc1ccccc1-n1ncc(C(=O)NCC2(C)CCNCC2)c1C(F)(F)F.Cl. The van der Waals surface area contributed by atoms with Crippen LogP contribution < -0.4 is 10.6 Å². The highest BCUT2D eigenvalue weighted by Crippen LogP contribution is 2.34. The molecule has 5 nitrogen and oxygen atoms in total. The Morgan fingerprint density at radius 1 is 1.29 bits per heavy atom. The van der Waals surface area contributed by atoms with Crippen molar-refractivity contribution in [1.29, 1.82) is 0 Å². The van der Waals surface area contributed by atoms with Crippen molar-refractivity contribution >= 4 is 18.3 Å². The van der Waals surface area contributed by atoms with Gasteiger partial charge in [-0.2, -0.15) is 18.3 Å². The molecule has 1 saturated heterocycles. The van der Waals surface area contributed by atoms with Crippen LogP contribution in [0.4, 0.5) is 13.2 Å². The predicted octanol–water partition coefficient (Wildman–Crippen LogP) is 3.74. The minimum Gasteiger partial charge on any atom is -0.351 e. The van der Waals surface area contributed by atoms with Gasteiger partial charge in [0.2, 0.25) is 0 Å². The van der Waals surface area contributed by atoms with Crippen molar-refractivity contribution in [3.05, 3.63) is 47.3 Å². The number of piperidine rings is 1. The first-order valence-corrected chi connectivity index (χ1v) is 8.91. The van der Waals surface area contributed by atoms with Crippen LogP contribution in [-0.2, 0) is 6.18 Å². The van der Waals surface area contributed by atoms with Gasteiger partial charge in [-0.3, -0.25) is 4.79 Å². The lowest BCUT2D eigenvalue weighted by molar-refractivity contribution is -0.143. The molecule has 0 saturated carbocycles. The number of aromatic nitrogens is 2. The van der Waals surface area contributed by atoms with E-state index >= 15 is 0 Å². The van der Waals surface area contributed by atoms with Crippen LogP contribution in [0.25, 0.3) is 5.69 Å². The van der Waals surface area contributed by atoms with Gasteiger partial charge in [0.1, 0.15) is 0 Å². The highest BCUT2D eigenvalue weighted by molar-refractivity contribution is 5.95. The maximum Gasteiger partial charge on any atom is 0.434 e. The Morgan fingerprint density at radius 3 is 2.54 bits per heavy atom. The number of nitrogens with zero attached hydrogens (tertiary/aromatic N) is 2. The smallest absolute Gasteiger partial charge is 0.351 e. The Bertz CT molecular complexity index is 829. The Morgan fingerprint density at radius 2 is 1.93 bits per heavy atom. The molecule has 1 aliphatic rings. The second-order valence-electron chi connectivity index (χ2n) is 7.35. The molecular formula is C19H24ClF3N4O. The van der Waals surface area contributed by atoms with Gasteiger partial charge in [-0.1, -0.05) is 25.1 Å². The zero-order valence-electron chi connectivity index (χ0n) is 15.8. The fraction of sp³-hybridized carbons (Fsp3) is 0.474. The van der Waals surface area contributed by atoms with E-state index < -0.39 is 23.3 Å². The van der Waals surface area contributed by atoms with E-state index in [4.69, 9.17) is 0 Å². The lowest BCUT2D eigenvalue weighted by atomic mass is 9.81. The fourth-order valence-corrected chi connectivity index (χ4v) is 3.37. The van der Waals surface area contributed by atoms with Gasteiger partial charge in [-0.25, -0.2) is 4.68 Å². The summed E-state index contributed by atoms with van der Waals surface area (Å²) in [6.45, 7) is 5.75. The summed E-state index contributed by atoms with van der Waals surface area (Å²) in [4.78, 5) is 12.5. The van der Waals surface area contributed by atoms with Crippen molar-refractivity contribution in [3.63, 3.8) is 0 Å². The Labute approximate surface area is 168 Å². The third-order valence-electron chi connectivity index (χ3n) is 5.11. The molecule has 1 aromatic heterocycles. The van der Waals surface area contributed by atoms with Crippen LogP contribution >= 0.6 is 12.4 Å². The lowest BCUT2D eigenvalue weighted by Crippen LogP contribution is -2.43. The van der Waals surface area contributed by atoms with E-state index in [1.54, 1.807) is 31.2 Å². The van der Waals surface area contributed by atoms with Crippen LogP contribution in [0, 0.1) is 12.3 Å². The summed E-state index contributed by atoms with van der Waals surface area (Å²) in [5.41, 5.74) is -0.687. The van der Waals surface area contributed by atoms with Gasteiger partial charge in [0.25, 0.3) is 5.91 Å². The minimum atomic E-state index is -4.70. The summed E-state index contributed by atoms with van der Waals surface area (Å²) in [6.07, 6.45) is -1.98. The number of para-hydroxylation sites is 1. The number of rotatable bonds is 4. The van der Waals surface area contributed by atoms with Gasteiger partial charge >= 0.3 is 6.18 Å². The highest BCUT2D eigenvalue weighted by atomic mass is 35.5. The first-order chi connectivity index (χ1) is 12.7. The number of carbonyl (C=O) groups excluding carboxylic acids is 1. The summed E-state index contributed by atoms with van der Waals surface area (Å²) in [5.74, 6) is -0.748. The summed E-state index contributed by atoms with van der Waals surface area (Å²) < 4.78 is 42.0. The molecule has 1 fully saturated rings. The largest absolute Gasteiger partial charge is 0.434 e. The first kappa shape index (κ1) is 22.2. The van der Waals surface area contributed by atoms with Gasteiger partial charge in [0.15, 0.2) is 5.69 Å². The number of hydrogen-bond donors (Lipinski definition) is 2. The molecule has 28 heavy (non-hydrogen) atoms. The Hall–Kier alpha value is -2.06. The van der Waals surface area contributed by atoms with E-state index in [0.29, 0.717) is 17.8 Å². The number of alkyl halides is 3. The molecule has 2 heterocycles. The van der Waals surface area contributed by atoms with E-state index in [2.05, 4.69) is 15.7 Å². The predicted molar refractivity (Wildman–Crippen MR) is 103 cm³/mol. The van der Waals surface area contributed by atoms with Crippen LogP contribution in [0.15, 0.2) is 30.5 Å². The molecule has 0 bridgehead atoms. The second-order valence-corrected chi connectivity index (χ2v) is 7.35. The summed E-state index contributed by atoms with van der Waals surface area (Å²) in [6, 6.07) is 6.63. The van der Waals surface area contributed by atoms with Crippen molar-refractivity contribution < 1.29 is 18.0 Å². The average molecular weight is 417 g/mol. The quantitative estimate of drug-likeness (QED) is 0.798. The molecule has 1 aromatic carbocycles. The number of aryl methyl sites for hydroxylation is 1. The van der Waals surface area contributed by atoms with E-state index in [-0.39, 0.29) is 17.8 Å². The minimum absolute atomic E-state index is 0. The van der Waals surface area contributed by atoms with Crippen molar-refractivity contribution in [2.75, 3.05) is 19.6 Å². The van der Waals surface area contributed by atoms with Crippen LogP contribution in [0.5, 0.6) is 0 Å². The number of amides is 1. The molecule has 0 aliphatic carbocycles. The molecule has 2 aromatic rings. The van der Waals surface area contributed by atoms with Crippen molar-refractivity contribution in [1.82, 2.24) is 20.4 Å². The molecule has 9 heteroatoms. The zero-order chi connectivity index (χ0) is 19.7. The molecule has 2 N–H and O–H groups in total. The summed E-state index contributed by atoms with van der Waals surface area (Å²) in [5, 5.41) is 9.79. The van der Waals surface area contributed by atoms with Crippen LogP contribution in [0.3, 0.4) is 0 Å². The molecule has 3 rings (SSSR count). The van der Waals surface area contributed by atoms with Gasteiger partial charge in [-0.15, -0.1) is 12.4 Å². The monoisotopic (exact) mass is 416 g/mol. The van der Waals surface area contributed by atoms with Gasteiger partial charge in [0.05, 0.1) is 17.4 Å². The third kappa shape index (κ3) is 4.67. The molecule has 1 aliphatic heterocycles. The number of nitrogens with one attached hydrogen (secondary N) is 2. The van der Waals surface area contributed by atoms with Gasteiger partial charge < -0.3 is 10.6 Å². The normalized spacial score (nSPS) is 16.3. The summed E-state index contributed by atoms with van der Waals surface area (Å²) in [7, 11) is 0. The molecule has 0 unspecified atom stereocenters. The second kappa shape index (κ2) is 8.53. The maximum atomic E-state index is 13.7. The van der Waals surface area contributed by atoms with Crippen molar-refractivity contribution in [2.45, 2.75) is 32.9 Å². The molecule has 154 valence electrons. The van der Waals surface area contributed by atoms with Crippen LogP contribution in [-0.4, -0.2) is 35.3 Å². The standard InChI is InChI=1S/C19H23F3N4O.ClH/c1-13-5-3-4-6-15(13)26-16(19(20,21)22)14(11-25-26)17(27)24-12-18(2)7-9-23-10-8-18;/h3-6,11,23H,7-10,12H2,1-2H3,(H,24,27);1H. The average Bonchev–Trinajstić information content (AvgIpc) is 3.06. The highest BCUT2D eigenvalue weighted by Gasteiger charge is 2.41. The number of carbonyl (C=O) groups is 1. The molecule has 0 radical (unpaired) electrons. The summed E-state index contributed by atoms with van der Waals surface area (Å²) >= 11 is 0. The van der Waals surface area contributed by atoms with Gasteiger partial charge in [-0.05, 0) is 49.9 Å². The Kier molecular flexibility index (Phi) is 6.77. The first-order valence-electron chi connectivity index (χ1n) is 8.91. The lowest BCUT2D eigenvalue weighted by Gasteiger charge is -2.34. The maximum absolute atomic E-state index is 13.7. The molecule has 1 amide bonds. The van der Waals surface area contributed by atoms with E-state index in [1.165, 1.54) is 0 Å². The van der Waals surface area contributed by atoms with E-state index in [0.717, 1.165) is 36.8 Å². The number of benzene rings is 1. The molecule has 0 atom stereocenters. The molecular weight excluding hydrogens is 393 g/mol. The fourth-order valence-electron chi connectivity index (χ4n) is 3.37. The third-order valence-corrected chi connectivity index (χ3v) is 5.11. The van der Waals surface area contributed by atoms with Crippen LogP contribution in [0.2, 0.25) is 0 Å². The zero-order valence-corrected chi connectivity index (χ0v) is 16.6. The number of halogens is 4. The van der Waals surface area contributed by atoms with Crippen molar-refractivity contribution in [2.24, 2.45) is 5.41 Å². The van der Waals surface area contributed by atoms with Crippen molar-refractivity contribution in [3.8, 4) is 5.69 Å². The molecule has 0 spiro atoms. The van der Waals surface area contributed by atoms with Crippen LogP contribution in [0.1, 0.15) is 41.4 Å². The van der Waals surface area contributed by atoms with E-state index in [9.17, 15) is 18.0 Å². The van der Waals surface area contributed by atoms with Gasteiger partial charge in [0, 0.05) is 6.54 Å².